The average molecular weight is 378 g/mol. The van der Waals surface area contributed by atoms with Crippen molar-refractivity contribution in [1.29, 1.82) is 0 Å². The maximum Gasteiger partial charge on any atom is 0.242 e. The number of rotatable bonds is 5. The molecule has 0 saturated carbocycles. The summed E-state index contributed by atoms with van der Waals surface area (Å²) < 4.78 is 1.93. The second-order valence-electron chi connectivity index (χ2n) is 4.63. The SMILES string of the molecule is CC(C)CNC(=O)C(C)Nc1ccc(Br)cc1Br. The lowest BCUT2D eigenvalue weighted by molar-refractivity contribution is -0.121. The van der Waals surface area contributed by atoms with Crippen molar-refractivity contribution in [2.75, 3.05) is 11.9 Å². The maximum absolute atomic E-state index is 11.8. The van der Waals surface area contributed by atoms with Gasteiger partial charge in [0, 0.05) is 21.2 Å². The fourth-order valence-electron chi connectivity index (χ4n) is 1.36. The van der Waals surface area contributed by atoms with Crippen LogP contribution in [0.3, 0.4) is 0 Å². The molecule has 0 heterocycles. The average Bonchev–Trinajstić information content (AvgIpc) is 2.29. The number of hydrogen-bond acceptors (Lipinski definition) is 2. The predicted molar refractivity (Wildman–Crippen MR) is 82.8 cm³/mol. The number of amides is 1. The Morgan fingerprint density at radius 1 is 1.28 bits per heavy atom. The highest BCUT2D eigenvalue weighted by Gasteiger charge is 2.13. The van der Waals surface area contributed by atoms with Crippen molar-refractivity contribution in [3.8, 4) is 0 Å². The zero-order valence-electron chi connectivity index (χ0n) is 10.8. The standard InChI is InChI=1S/C13H18Br2N2O/c1-8(2)7-16-13(18)9(3)17-12-5-4-10(14)6-11(12)15/h4-6,8-9,17H,7H2,1-3H3,(H,16,18). The molecule has 0 fully saturated rings. The molecule has 0 aromatic heterocycles. The van der Waals surface area contributed by atoms with E-state index in [2.05, 4.69) is 56.3 Å². The topological polar surface area (TPSA) is 41.1 Å². The highest BCUT2D eigenvalue weighted by Crippen LogP contribution is 2.26. The molecule has 100 valence electrons. The Kier molecular flexibility index (Phi) is 6.15. The highest BCUT2D eigenvalue weighted by atomic mass is 79.9. The van der Waals surface area contributed by atoms with Crippen LogP contribution >= 0.6 is 31.9 Å². The van der Waals surface area contributed by atoms with E-state index in [-0.39, 0.29) is 11.9 Å². The molecule has 0 radical (unpaired) electrons. The Balaban J connectivity index is 2.58. The van der Waals surface area contributed by atoms with Crippen molar-refractivity contribution in [3.63, 3.8) is 0 Å². The van der Waals surface area contributed by atoms with E-state index in [1.807, 2.05) is 25.1 Å². The molecule has 1 rings (SSSR count). The summed E-state index contributed by atoms with van der Waals surface area (Å²) in [5, 5.41) is 6.09. The molecular weight excluding hydrogens is 360 g/mol. The second kappa shape index (κ2) is 7.14. The molecule has 0 bridgehead atoms. The predicted octanol–water partition coefficient (Wildman–Crippen LogP) is 3.78. The van der Waals surface area contributed by atoms with Gasteiger partial charge in [0.15, 0.2) is 0 Å². The van der Waals surface area contributed by atoms with E-state index in [0.717, 1.165) is 14.6 Å². The van der Waals surface area contributed by atoms with Crippen LogP contribution < -0.4 is 10.6 Å². The number of nitrogens with one attached hydrogen (secondary N) is 2. The van der Waals surface area contributed by atoms with Gasteiger partial charge >= 0.3 is 0 Å². The van der Waals surface area contributed by atoms with Gasteiger partial charge in [-0.05, 0) is 47.0 Å². The monoisotopic (exact) mass is 376 g/mol. The highest BCUT2D eigenvalue weighted by molar-refractivity contribution is 9.11. The number of carbonyl (C=O) groups excluding carboxylic acids is 1. The third kappa shape index (κ3) is 4.98. The summed E-state index contributed by atoms with van der Waals surface area (Å²) in [6, 6.07) is 5.55. The van der Waals surface area contributed by atoms with Gasteiger partial charge in [0.25, 0.3) is 0 Å². The number of carbonyl (C=O) groups is 1. The zero-order chi connectivity index (χ0) is 13.7. The van der Waals surface area contributed by atoms with E-state index in [1.165, 1.54) is 0 Å². The van der Waals surface area contributed by atoms with Gasteiger partial charge in [-0.15, -0.1) is 0 Å². The third-order valence-corrected chi connectivity index (χ3v) is 3.53. The van der Waals surface area contributed by atoms with Crippen LogP contribution in [-0.2, 0) is 4.79 Å². The maximum atomic E-state index is 11.8. The molecule has 0 spiro atoms. The Morgan fingerprint density at radius 2 is 1.94 bits per heavy atom. The van der Waals surface area contributed by atoms with E-state index in [9.17, 15) is 4.79 Å². The first-order chi connectivity index (χ1) is 8.40. The molecule has 0 aliphatic carbocycles. The van der Waals surface area contributed by atoms with Gasteiger partial charge in [-0.25, -0.2) is 0 Å². The van der Waals surface area contributed by atoms with Gasteiger partial charge in [0.1, 0.15) is 6.04 Å². The van der Waals surface area contributed by atoms with Crippen molar-refractivity contribution in [1.82, 2.24) is 5.32 Å². The lowest BCUT2D eigenvalue weighted by Crippen LogP contribution is -2.39. The van der Waals surface area contributed by atoms with Crippen LogP contribution in [0, 0.1) is 5.92 Å². The van der Waals surface area contributed by atoms with Crippen LogP contribution in [0.4, 0.5) is 5.69 Å². The first-order valence-electron chi connectivity index (χ1n) is 5.89. The van der Waals surface area contributed by atoms with E-state index in [4.69, 9.17) is 0 Å². The van der Waals surface area contributed by atoms with Crippen LogP contribution in [0.15, 0.2) is 27.1 Å². The van der Waals surface area contributed by atoms with Crippen molar-refractivity contribution in [2.24, 2.45) is 5.92 Å². The second-order valence-corrected chi connectivity index (χ2v) is 6.40. The van der Waals surface area contributed by atoms with Crippen molar-refractivity contribution in [2.45, 2.75) is 26.8 Å². The molecule has 5 heteroatoms. The van der Waals surface area contributed by atoms with Crippen molar-refractivity contribution < 1.29 is 4.79 Å². The Morgan fingerprint density at radius 3 is 2.50 bits per heavy atom. The summed E-state index contributed by atoms with van der Waals surface area (Å²) >= 11 is 6.86. The normalized spacial score (nSPS) is 12.3. The summed E-state index contributed by atoms with van der Waals surface area (Å²) in [5.74, 6) is 0.471. The number of halogens is 2. The molecule has 1 aromatic carbocycles. The van der Waals surface area contributed by atoms with E-state index in [1.54, 1.807) is 0 Å². The summed E-state index contributed by atoms with van der Waals surface area (Å²) in [5.41, 5.74) is 0.908. The van der Waals surface area contributed by atoms with Gasteiger partial charge in [-0.1, -0.05) is 29.8 Å². The first-order valence-corrected chi connectivity index (χ1v) is 7.48. The molecule has 3 nitrogen and oxygen atoms in total. The lowest BCUT2D eigenvalue weighted by Gasteiger charge is -2.17. The zero-order valence-corrected chi connectivity index (χ0v) is 13.9. The molecule has 18 heavy (non-hydrogen) atoms. The minimum atomic E-state index is -0.263. The van der Waals surface area contributed by atoms with Gasteiger partial charge in [-0.2, -0.15) is 0 Å². The van der Waals surface area contributed by atoms with Crippen molar-refractivity contribution >= 4 is 43.5 Å². The van der Waals surface area contributed by atoms with Gasteiger partial charge in [-0.3, -0.25) is 4.79 Å². The van der Waals surface area contributed by atoms with Crippen LogP contribution in [0.25, 0.3) is 0 Å². The fourth-order valence-corrected chi connectivity index (χ4v) is 2.52. The molecular formula is C13H18Br2N2O. The first kappa shape index (κ1) is 15.5. The molecule has 1 atom stereocenters. The van der Waals surface area contributed by atoms with E-state index in [0.29, 0.717) is 12.5 Å². The molecule has 1 amide bonds. The van der Waals surface area contributed by atoms with E-state index < -0.39 is 0 Å². The summed E-state index contributed by atoms with van der Waals surface area (Å²) in [4.78, 5) is 11.8. The van der Waals surface area contributed by atoms with Crippen LogP contribution in [0.1, 0.15) is 20.8 Å². The summed E-state index contributed by atoms with van der Waals surface area (Å²) in [6.07, 6.45) is 0. The molecule has 2 N–H and O–H groups in total. The largest absolute Gasteiger partial charge is 0.373 e. The van der Waals surface area contributed by atoms with E-state index >= 15 is 0 Å². The number of hydrogen-bond donors (Lipinski definition) is 2. The molecule has 0 saturated heterocycles. The van der Waals surface area contributed by atoms with Gasteiger partial charge < -0.3 is 10.6 Å². The van der Waals surface area contributed by atoms with Crippen LogP contribution in [0.2, 0.25) is 0 Å². The smallest absolute Gasteiger partial charge is 0.242 e. The summed E-state index contributed by atoms with van der Waals surface area (Å²) in [6.45, 7) is 6.70. The molecule has 0 aliphatic heterocycles. The fraction of sp³-hybridized carbons (Fsp3) is 0.462. The molecule has 1 unspecified atom stereocenters. The van der Waals surface area contributed by atoms with Crippen molar-refractivity contribution in [3.05, 3.63) is 27.1 Å². The third-order valence-electron chi connectivity index (χ3n) is 2.38. The minimum absolute atomic E-state index is 0.0125. The molecule has 0 aliphatic rings. The molecule has 1 aromatic rings. The van der Waals surface area contributed by atoms with Gasteiger partial charge in [0.2, 0.25) is 5.91 Å². The minimum Gasteiger partial charge on any atom is -0.373 e. The Bertz CT molecular complexity index is 421. The van der Waals surface area contributed by atoms with Crippen LogP contribution in [-0.4, -0.2) is 18.5 Å². The van der Waals surface area contributed by atoms with Crippen LogP contribution in [0.5, 0.6) is 0 Å². The quantitative estimate of drug-likeness (QED) is 0.819. The summed E-state index contributed by atoms with van der Waals surface area (Å²) in [7, 11) is 0. The number of benzene rings is 1. The number of anilines is 1. The van der Waals surface area contributed by atoms with Gasteiger partial charge in [0.05, 0.1) is 0 Å². The Labute approximate surface area is 125 Å². The Hall–Kier alpha value is -0.550. The lowest BCUT2D eigenvalue weighted by atomic mass is 10.2.